The van der Waals surface area contributed by atoms with Gasteiger partial charge in [0.05, 0.1) is 17.5 Å². The van der Waals surface area contributed by atoms with E-state index in [0.717, 1.165) is 55.8 Å². The number of anilines is 1. The standard InChI is InChI=1S/C35H43ClN2O4S/c1-6-8-17-34(5,7-2)29-14-11-27(29)21-38-22-35(18-9-10-25-19-28(36)13-15-30(25)35)23-42-32-16-12-26(20-31(32)38)33(39)37-43(40,41)24(3)4/h2,8,12-13,15-17,19-20,24,27,29H,6,9-11,14,18,21-23H2,1,3-5H3,(H,37,39)/b17-8+/t27-,29+,34-,35-/m0/s1. The lowest BCUT2D eigenvalue weighted by atomic mass is 9.59. The van der Waals surface area contributed by atoms with Gasteiger partial charge in [-0.1, -0.05) is 42.7 Å². The number of rotatable bonds is 8. The van der Waals surface area contributed by atoms with Crippen LogP contribution in [0.4, 0.5) is 5.69 Å². The quantitative estimate of drug-likeness (QED) is 0.256. The summed E-state index contributed by atoms with van der Waals surface area (Å²) in [6, 6.07) is 11.4. The third-order valence-electron chi connectivity index (χ3n) is 9.81. The highest BCUT2D eigenvalue weighted by atomic mass is 35.5. The number of hydrogen-bond donors (Lipinski definition) is 1. The molecule has 5 rings (SSSR count). The number of ether oxygens (including phenoxy) is 1. The van der Waals surface area contributed by atoms with Gasteiger partial charge in [0, 0.05) is 34.5 Å². The molecule has 230 valence electrons. The predicted octanol–water partition coefficient (Wildman–Crippen LogP) is 6.91. The molecular weight excluding hydrogens is 580 g/mol. The second-order valence-corrected chi connectivity index (χ2v) is 15.7. The Hall–Kier alpha value is -2.95. The minimum absolute atomic E-state index is 0.253. The fraction of sp³-hybridized carbons (Fsp3) is 0.514. The summed E-state index contributed by atoms with van der Waals surface area (Å²) in [6.45, 7) is 9.36. The Labute approximate surface area is 262 Å². The predicted molar refractivity (Wildman–Crippen MR) is 174 cm³/mol. The number of hydrogen-bond acceptors (Lipinski definition) is 5. The number of amides is 1. The molecule has 1 saturated carbocycles. The van der Waals surface area contributed by atoms with Gasteiger partial charge in [0.25, 0.3) is 5.91 Å². The Balaban J connectivity index is 1.54. The molecule has 1 fully saturated rings. The van der Waals surface area contributed by atoms with Crippen molar-refractivity contribution in [2.75, 3.05) is 24.6 Å². The Kier molecular flexibility index (Phi) is 8.94. The first kappa shape index (κ1) is 31.5. The van der Waals surface area contributed by atoms with Crippen molar-refractivity contribution in [1.82, 2.24) is 4.72 Å². The van der Waals surface area contributed by atoms with Crippen LogP contribution in [0.5, 0.6) is 5.75 Å². The van der Waals surface area contributed by atoms with Crippen molar-refractivity contribution >= 4 is 33.2 Å². The van der Waals surface area contributed by atoms with E-state index in [-0.39, 0.29) is 16.4 Å². The molecule has 0 unspecified atom stereocenters. The fourth-order valence-corrected chi connectivity index (χ4v) is 7.87. The smallest absolute Gasteiger partial charge is 0.264 e. The summed E-state index contributed by atoms with van der Waals surface area (Å²) in [7, 11) is -3.78. The number of allylic oxidation sites excluding steroid dienone is 2. The highest BCUT2D eigenvalue weighted by Gasteiger charge is 2.46. The van der Waals surface area contributed by atoms with Crippen LogP contribution in [0, 0.1) is 29.6 Å². The molecule has 1 spiro atoms. The summed E-state index contributed by atoms with van der Waals surface area (Å²) >= 11 is 6.41. The van der Waals surface area contributed by atoms with Gasteiger partial charge in [0.15, 0.2) is 0 Å². The molecule has 2 aliphatic carbocycles. The molecule has 1 amide bonds. The van der Waals surface area contributed by atoms with Crippen LogP contribution < -0.4 is 14.4 Å². The summed E-state index contributed by atoms with van der Waals surface area (Å²) in [4.78, 5) is 15.5. The first-order valence-electron chi connectivity index (χ1n) is 15.4. The van der Waals surface area contributed by atoms with Crippen LogP contribution in [0.15, 0.2) is 48.6 Å². The van der Waals surface area contributed by atoms with E-state index in [2.05, 4.69) is 53.7 Å². The molecule has 2 aromatic rings. The molecular formula is C35H43ClN2O4S. The molecule has 0 radical (unpaired) electrons. The van der Waals surface area contributed by atoms with E-state index in [1.165, 1.54) is 11.1 Å². The Morgan fingerprint density at radius 1 is 1.28 bits per heavy atom. The van der Waals surface area contributed by atoms with Crippen molar-refractivity contribution in [2.24, 2.45) is 17.3 Å². The zero-order valence-electron chi connectivity index (χ0n) is 25.7. The lowest BCUT2D eigenvalue weighted by Crippen LogP contribution is -2.50. The molecule has 1 heterocycles. The number of fused-ring (bicyclic) bond motifs is 3. The number of nitrogens with zero attached hydrogens (tertiary/aromatic N) is 1. The molecule has 43 heavy (non-hydrogen) atoms. The lowest BCUT2D eigenvalue weighted by Gasteiger charge is -2.48. The third kappa shape index (κ3) is 6.19. The van der Waals surface area contributed by atoms with Crippen LogP contribution >= 0.6 is 11.6 Å². The first-order valence-corrected chi connectivity index (χ1v) is 17.4. The molecule has 0 saturated heterocycles. The van der Waals surface area contributed by atoms with Crippen molar-refractivity contribution < 1.29 is 17.9 Å². The normalized spacial score (nSPS) is 24.7. The van der Waals surface area contributed by atoms with E-state index in [0.29, 0.717) is 30.7 Å². The van der Waals surface area contributed by atoms with Crippen molar-refractivity contribution in [3.63, 3.8) is 0 Å². The number of nitrogens with one attached hydrogen (secondary N) is 1. The van der Waals surface area contributed by atoms with E-state index in [1.54, 1.807) is 32.0 Å². The van der Waals surface area contributed by atoms with Gasteiger partial charge in [-0.3, -0.25) is 4.79 Å². The number of aryl methyl sites for hydroxylation is 1. The van der Waals surface area contributed by atoms with Crippen molar-refractivity contribution in [3.05, 3.63) is 70.3 Å². The molecule has 1 aliphatic heterocycles. The van der Waals surface area contributed by atoms with Crippen LogP contribution in [0.1, 0.15) is 81.3 Å². The lowest BCUT2D eigenvalue weighted by molar-refractivity contribution is 0.0981. The topological polar surface area (TPSA) is 75.7 Å². The van der Waals surface area contributed by atoms with Crippen molar-refractivity contribution in [3.8, 4) is 18.1 Å². The molecule has 4 atom stereocenters. The Morgan fingerprint density at radius 2 is 2.07 bits per heavy atom. The largest absolute Gasteiger partial charge is 0.490 e. The number of sulfonamides is 1. The van der Waals surface area contributed by atoms with Gasteiger partial charge in [0.2, 0.25) is 10.0 Å². The summed E-state index contributed by atoms with van der Waals surface area (Å²) in [5, 5.41) is 0.0168. The summed E-state index contributed by atoms with van der Waals surface area (Å²) in [5.41, 5.74) is 3.04. The third-order valence-corrected chi connectivity index (χ3v) is 11.8. The molecule has 8 heteroatoms. The van der Waals surface area contributed by atoms with Crippen LogP contribution in [0.2, 0.25) is 5.02 Å². The van der Waals surface area contributed by atoms with Crippen molar-refractivity contribution in [2.45, 2.75) is 76.9 Å². The van der Waals surface area contributed by atoms with E-state index in [4.69, 9.17) is 22.8 Å². The monoisotopic (exact) mass is 622 g/mol. The minimum Gasteiger partial charge on any atom is -0.490 e. The summed E-state index contributed by atoms with van der Waals surface area (Å²) < 4.78 is 33.8. The van der Waals surface area contributed by atoms with E-state index >= 15 is 0 Å². The molecule has 3 aliphatic rings. The van der Waals surface area contributed by atoms with Gasteiger partial charge in [-0.25, -0.2) is 13.1 Å². The van der Waals surface area contributed by atoms with Crippen LogP contribution in [-0.2, 0) is 21.9 Å². The van der Waals surface area contributed by atoms with Gasteiger partial charge in [-0.2, -0.15) is 0 Å². The van der Waals surface area contributed by atoms with E-state index in [1.807, 2.05) is 6.07 Å². The minimum atomic E-state index is -3.78. The summed E-state index contributed by atoms with van der Waals surface area (Å²) in [5.74, 6) is 3.84. The van der Waals surface area contributed by atoms with Gasteiger partial charge in [0.1, 0.15) is 5.75 Å². The van der Waals surface area contributed by atoms with E-state index < -0.39 is 21.2 Å². The van der Waals surface area contributed by atoms with Crippen LogP contribution in [-0.4, -0.2) is 39.3 Å². The molecule has 6 nitrogen and oxygen atoms in total. The Bertz CT molecular complexity index is 1560. The number of terminal acetylenes is 1. The molecule has 2 aromatic carbocycles. The maximum Gasteiger partial charge on any atom is 0.264 e. The SMILES string of the molecule is C#C[C@@](C)(/C=C/CC)[C@@H]1CC[C@H]1CN1C[C@@]2(CCCc3cc(Cl)ccc32)COc2ccc(C(=O)NS(=O)(=O)C(C)C)cc21. The second kappa shape index (κ2) is 12.2. The van der Waals surface area contributed by atoms with E-state index in [9.17, 15) is 13.2 Å². The maximum absolute atomic E-state index is 13.2. The highest BCUT2D eigenvalue weighted by molar-refractivity contribution is 7.90. The summed E-state index contributed by atoms with van der Waals surface area (Å²) in [6.07, 6.45) is 16.5. The zero-order chi connectivity index (χ0) is 31.0. The molecule has 1 N–H and O–H groups in total. The average Bonchev–Trinajstić information content (AvgIpc) is 3.10. The van der Waals surface area contributed by atoms with Gasteiger partial charge in [-0.15, -0.1) is 6.42 Å². The molecule has 0 bridgehead atoms. The van der Waals surface area contributed by atoms with Crippen molar-refractivity contribution in [1.29, 1.82) is 0 Å². The second-order valence-electron chi connectivity index (χ2n) is 13.0. The average molecular weight is 623 g/mol. The number of benzene rings is 2. The van der Waals surface area contributed by atoms with Gasteiger partial charge < -0.3 is 9.64 Å². The number of carbonyl (C=O) groups excluding carboxylic acids is 1. The highest BCUT2D eigenvalue weighted by Crippen LogP contribution is 2.50. The zero-order valence-corrected chi connectivity index (χ0v) is 27.2. The fourth-order valence-electron chi connectivity index (χ4n) is 7.06. The Morgan fingerprint density at radius 3 is 2.74 bits per heavy atom. The first-order chi connectivity index (χ1) is 20.4. The molecule has 0 aromatic heterocycles. The van der Waals surface area contributed by atoms with Gasteiger partial charge in [-0.05, 0) is 113 Å². The number of carbonyl (C=O) groups is 1. The van der Waals surface area contributed by atoms with Gasteiger partial charge >= 0.3 is 0 Å². The van der Waals surface area contributed by atoms with Crippen LogP contribution in [0.25, 0.3) is 0 Å². The number of halogens is 1. The van der Waals surface area contributed by atoms with Crippen LogP contribution in [0.3, 0.4) is 0 Å². The maximum atomic E-state index is 13.2.